The van der Waals surface area contributed by atoms with Crippen LogP contribution in [0.1, 0.15) is 49.2 Å². The van der Waals surface area contributed by atoms with Crippen molar-refractivity contribution in [3.05, 3.63) is 47.0 Å². The minimum absolute atomic E-state index is 0.510. The van der Waals surface area contributed by atoms with E-state index in [1.165, 1.54) is 41.0 Å². The summed E-state index contributed by atoms with van der Waals surface area (Å²) in [6.45, 7) is 7.47. The average molecular weight is 283 g/mol. The Morgan fingerprint density at radius 1 is 1.24 bits per heavy atom. The first-order valence-corrected chi connectivity index (χ1v) is 8.03. The van der Waals surface area contributed by atoms with E-state index in [1.807, 2.05) is 6.33 Å². The van der Waals surface area contributed by atoms with Crippen molar-refractivity contribution in [3.8, 4) is 5.69 Å². The van der Waals surface area contributed by atoms with Crippen molar-refractivity contribution in [1.29, 1.82) is 0 Å². The molecule has 0 spiro atoms. The second-order valence-corrected chi connectivity index (χ2v) is 6.37. The van der Waals surface area contributed by atoms with Gasteiger partial charge in [-0.05, 0) is 49.8 Å². The molecule has 1 aromatic heterocycles. The molecule has 3 nitrogen and oxygen atoms in total. The molecule has 2 aromatic rings. The molecule has 0 radical (unpaired) electrons. The summed E-state index contributed by atoms with van der Waals surface area (Å²) in [7, 11) is 0. The van der Waals surface area contributed by atoms with Gasteiger partial charge in [-0.15, -0.1) is 0 Å². The summed E-state index contributed by atoms with van der Waals surface area (Å²) >= 11 is 0. The van der Waals surface area contributed by atoms with Crippen LogP contribution in [0.3, 0.4) is 0 Å². The number of rotatable bonds is 4. The Labute approximate surface area is 127 Å². The lowest BCUT2D eigenvalue weighted by molar-refractivity contribution is 0.588. The quantitative estimate of drug-likeness (QED) is 0.930. The van der Waals surface area contributed by atoms with Crippen LogP contribution >= 0.6 is 0 Å². The molecule has 0 saturated heterocycles. The van der Waals surface area contributed by atoms with Gasteiger partial charge in [-0.25, -0.2) is 4.98 Å². The number of nitrogens with zero attached hydrogens (tertiary/aromatic N) is 2. The number of benzene rings is 1. The van der Waals surface area contributed by atoms with Crippen LogP contribution in [-0.4, -0.2) is 15.6 Å². The van der Waals surface area contributed by atoms with Gasteiger partial charge >= 0.3 is 0 Å². The predicted octanol–water partition coefficient (Wildman–Crippen LogP) is 3.56. The van der Waals surface area contributed by atoms with Crippen LogP contribution in [-0.2, 0) is 19.4 Å². The minimum Gasteiger partial charge on any atom is -0.310 e. The van der Waals surface area contributed by atoms with Crippen molar-refractivity contribution in [3.63, 3.8) is 0 Å². The molecule has 1 aliphatic rings. The zero-order valence-corrected chi connectivity index (χ0v) is 13.3. The van der Waals surface area contributed by atoms with Crippen LogP contribution < -0.4 is 5.32 Å². The molecule has 0 bridgehead atoms. The van der Waals surface area contributed by atoms with Crippen molar-refractivity contribution in [2.45, 2.75) is 59.0 Å². The van der Waals surface area contributed by atoms with Gasteiger partial charge in [0.15, 0.2) is 0 Å². The normalized spacial score (nSPS) is 14.5. The lowest BCUT2D eigenvalue weighted by Gasteiger charge is -2.17. The van der Waals surface area contributed by atoms with E-state index in [0.717, 1.165) is 19.4 Å². The highest BCUT2D eigenvalue weighted by molar-refractivity contribution is 5.45. The maximum absolute atomic E-state index is 4.63. The summed E-state index contributed by atoms with van der Waals surface area (Å²) in [5.41, 5.74) is 6.65. The maximum Gasteiger partial charge on any atom is 0.0997 e. The molecule has 21 heavy (non-hydrogen) atoms. The van der Waals surface area contributed by atoms with Gasteiger partial charge in [0, 0.05) is 24.0 Å². The lowest BCUT2D eigenvalue weighted by atomic mass is 10.0. The highest BCUT2D eigenvalue weighted by Gasteiger charge is 2.17. The highest BCUT2D eigenvalue weighted by atomic mass is 15.1. The molecular formula is C18H25N3. The molecule has 0 atom stereocenters. The van der Waals surface area contributed by atoms with Crippen LogP contribution in [0.25, 0.3) is 5.69 Å². The summed E-state index contributed by atoms with van der Waals surface area (Å²) in [4.78, 5) is 4.63. The first-order valence-electron chi connectivity index (χ1n) is 8.03. The van der Waals surface area contributed by atoms with E-state index < -0.39 is 0 Å². The van der Waals surface area contributed by atoms with Gasteiger partial charge in [0.2, 0.25) is 0 Å². The fourth-order valence-electron chi connectivity index (χ4n) is 3.02. The molecule has 1 heterocycles. The van der Waals surface area contributed by atoms with Gasteiger partial charge in [-0.1, -0.05) is 26.0 Å². The van der Waals surface area contributed by atoms with Gasteiger partial charge in [0.05, 0.1) is 12.0 Å². The lowest BCUT2D eigenvalue weighted by Crippen LogP contribution is -2.22. The first kappa shape index (κ1) is 14.3. The number of hydrogen-bond donors (Lipinski definition) is 1. The third-order valence-corrected chi connectivity index (χ3v) is 4.28. The summed E-state index contributed by atoms with van der Waals surface area (Å²) in [6, 6.07) is 7.26. The summed E-state index contributed by atoms with van der Waals surface area (Å²) in [6.07, 6.45) is 6.87. The molecule has 0 amide bonds. The van der Waals surface area contributed by atoms with Crippen molar-refractivity contribution in [1.82, 2.24) is 14.9 Å². The van der Waals surface area contributed by atoms with Gasteiger partial charge in [0.25, 0.3) is 0 Å². The maximum atomic E-state index is 4.63. The molecule has 0 aliphatic heterocycles. The average Bonchev–Trinajstić information content (AvgIpc) is 2.90. The Morgan fingerprint density at radius 3 is 2.86 bits per heavy atom. The zero-order valence-electron chi connectivity index (χ0n) is 13.3. The van der Waals surface area contributed by atoms with E-state index in [0.29, 0.717) is 6.04 Å². The molecule has 0 unspecified atom stereocenters. The Bertz CT molecular complexity index is 625. The predicted molar refractivity (Wildman–Crippen MR) is 86.9 cm³/mol. The summed E-state index contributed by atoms with van der Waals surface area (Å²) in [5, 5.41) is 3.49. The van der Waals surface area contributed by atoms with Gasteiger partial charge in [0.1, 0.15) is 0 Å². The number of nitrogens with one attached hydrogen (secondary N) is 1. The SMILES string of the molecule is Cc1ccc(CNC(C)C)cc1-n1cnc2c1CCCC2. The van der Waals surface area contributed by atoms with E-state index in [2.05, 4.69) is 53.8 Å². The molecule has 3 rings (SSSR count). The molecular weight excluding hydrogens is 258 g/mol. The molecule has 1 N–H and O–H groups in total. The van der Waals surface area contributed by atoms with Gasteiger partial charge < -0.3 is 9.88 Å². The number of imidazole rings is 1. The highest BCUT2D eigenvalue weighted by Crippen LogP contribution is 2.25. The monoisotopic (exact) mass is 283 g/mol. The molecule has 3 heteroatoms. The Hall–Kier alpha value is -1.61. The van der Waals surface area contributed by atoms with E-state index in [9.17, 15) is 0 Å². The number of fused-ring (bicyclic) bond motifs is 1. The van der Waals surface area contributed by atoms with Crippen molar-refractivity contribution < 1.29 is 0 Å². The minimum atomic E-state index is 0.510. The topological polar surface area (TPSA) is 29.9 Å². The third-order valence-electron chi connectivity index (χ3n) is 4.28. The molecule has 1 aliphatic carbocycles. The Balaban J connectivity index is 1.94. The summed E-state index contributed by atoms with van der Waals surface area (Å²) in [5.74, 6) is 0. The standard InChI is InChI=1S/C18H25N3/c1-13(2)19-11-15-9-8-14(3)18(10-15)21-12-20-16-6-4-5-7-17(16)21/h8-10,12-13,19H,4-7,11H2,1-3H3. The number of aryl methyl sites for hydroxylation is 2. The van der Waals surface area contributed by atoms with Crippen LogP contribution in [0.5, 0.6) is 0 Å². The van der Waals surface area contributed by atoms with E-state index in [-0.39, 0.29) is 0 Å². The molecule has 0 fully saturated rings. The van der Waals surface area contributed by atoms with Crippen molar-refractivity contribution >= 4 is 0 Å². The zero-order chi connectivity index (χ0) is 14.8. The number of hydrogen-bond acceptors (Lipinski definition) is 2. The van der Waals surface area contributed by atoms with Crippen molar-refractivity contribution in [2.24, 2.45) is 0 Å². The molecule has 112 valence electrons. The smallest absolute Gasteiger partial charge is 0.0997 e. The number of aromatic nitrogens is 2. The first-order chi connectivity index (χ1) is 10.1. The fourth-order valence-corrected chi connectivity index (χ4v) is 3.02. The van der Waals surface area contributed by atoms with E-state index >= 15 is 0 Å². The van der Waals surface area contributed by atoms with Crippen LogP contribution in [0.15, 0.2) is 24.5 Å². The largest absolute Gasteiger partial charge is 0.310 e. The second kappa shape index (κ2) is 6.02. The molecule has 0 saturated carbocycles. The van der Waals surface area contributed by atoms with Crippen LogP contribution in [0, 0.1) is 6.92 Å². The fraction of sp³-hybridized carbons (Fsp3) is 0.500. The second-order valence-electron chi connectivity index (χ2n) is 6.37. The van der Waals surface area contributed by atoms with Gasteiger partial charge in [-0.3, -0.25) is 0 Å². The van der Waals surface area contributed by atoms with E-state index in [4.69, 9.17) is 0 Å². The van der Waals surface area contributed by atoms with Crippen LogP contribution in [0.4, 0.5) is 0 Å². The van der Waals surface area contributed by atoms with Crippen LogP contribution in [0.2, 0.25) is 0 Å². The van der Waals surface area contributed by atoms with Crippen molar-refractivity contribution in [2.75, 3.05) is 0 Å². The Kier molecular flexibility index (Phi) is 4.11. The summed E-state index contributed by atoms with van der Waals surface area (Å²) < 4.78 is 2.31. The molecule has 1 aromatic carbocycles. The third kappa shape index (κ3) is 3.03. The Morgan fingerprint density at radius 2 is 2.05 bits per heavy atom. The van der Waals surface area contributed by atoms with Gasteiger partial charge in [-0.2, -0.15) is 0 Å². The van der Waals surface area contributed by atoms with E-state index in [1.54, 1.807) is 0 Å².